The number of carbonyl (C=O) groups excluding carboxylic acids is 2. The highest BCUT2D eigenvalue weighted by atomic mass is 16.5. The van der Waals surface area contributed by atoms with Crippen LogP contribution < -0.4 is 15.4 Å². The number of nitrogens with one attached hydrogen (secondary N) is 2. The second-order valence-corrected chi connectivity index (χ2v) is 7.43. The molecule has 3 rings (SSSR count). The summed E-state index contributed by atoms with van der Waals surface area (Å²) in [6, 6.07) is 12.4. The van der Waals surface area contributed by atoms with Gasteiger partial charge in [-0.15, -0.1) is 0 Å². The summed E-state index contributed by atoms with van der Waals surface area (Å²) in [4.78, 5) is 31.0. The van der Waals surface area contributed by atoms with Crippen molar-refractivity contribution in [2.45, 2.75) is 26.4 Å². The fourth-order valence-corrected chi connectivity index (χ4v) is 3.06. The highest BCUT2D eigenvalue weighted by Crippen LogP contribution is 2.19. The minimum absolute atomic E-state index is 0.0605. The zero-order chi connectivity index (χ0) is 21.8. The molecule has 30 heavy (non-hydrogen) atoms. The SMILES string of the molecule is COc1ccc(NC(=O)N(C)Cc2nc3cc(C(=O)NC(C)C)ccc3n2C)cc1. The van der Waals surface area contributed by atoms with Crippen LogP contribution in [0.25, 0.3) is 11.0 Å². The lowest BCUT2D eigenvalue weighted by atomic mass is 10.2. The number of methoxy groups -OCH3 is 1. The maximum absolute atomic E-state index is 12.5. The molecule has 8 heteroatoms. The van der Waals surface area contributed by atoms with Crippen LogP contribution in [0.4, 0.5) is 10.5 Å². The second kappa shape index (κ2) is 8.86. The quantitative estimate of drug-likeness (QED) is 0.653. The number of hydrogen-bond donors (Lipinski definition) is 2. The number of carbonyl (C=O) groups is 2. The summed E-state index contributed by atoms with van der Waals surface area (Å²) in [7, 11) is 5.20. The number of fused-ring (bicyclic) bond motifs is 1. The zero-order valence-corrected chi connectivity index (χ0v) is 17.9. The van der Waals surface area contributed by atoms with E-state index >= 15 is 0 Å². The number of benzene rings is 2. The molecule has 0 aliphatic carbocycles. The third-order valence-corrected chi connectivity index (χ3v) is 4.72. The van der Waals surface area contributed by atoms with Crippen molar-refractivity contribution in [3.8, 4) is 5.75 Å². The standard InChI is InChI=1S/C22H27N5O3/c1-14(2)23-21(28)15-6-11-19-18(12-15)25-20(27(19)4)13-26(3)22(29)24-16-7-9-17(30-5)10-8-16/h6-12,14H,13H2,1-5H3,(H,23,28)(H,24,29). The van der Waals surface area contributed by atoms with Crippen molar-refractivity contribution < 1.29 is 14.3 Å². The van der Waals surface area contributed by atoms with E-state index in [-0.39, 0.29) is 18.0 Å². The normalized spacial score (nSPS) is 10.9. The van der Waals surface area contributed by atoms with Gasteiger partial charge in [-0.1, -0.05) is 0 Å². The molecule has 1 heterocycles. The van der Waals surface area contributed by atoms with Gasteiger partial charge in [0.2, 0.25) is 0 Å². The predicted molar refractivity (Wildman–Crippen MR) is 117 cm³/mol. The first-order valence-electron chi connectivity index (χ1n) is 9.71. The van der Waals surface area contributed by atoms with Gasteiger partial charge < -0.3 is 24.8 Å². The van der Waals surface area contributed by atoms with Gasteiger partial charge in [-0.05, 0) is 56.3 Å². The fraction of sp³-hybridized carbons (Fsp3) is 0.318. The van der Waals surface area contributed by atoms with E-state index in [4.69, 9.17) is 4.74 Å². The predicted octanol–water partition coefficient (Wildman–Crippen LogP) is 3.38. The smallest absolute Gasteiger partial charge is 0.321 e. The summed E-state index contributed by atoms with van der Waals surface area (Å²) in [5.41, 5.74) is 2.85. The number of anilines is 1. The fourth-order valence-electron chi connectivity index (χ4n) is 3.06. The van der Waals surface area contributed by atoms with E-state index in [1.54, 1.807) is 55.5 Å². The topological polar surface area (TPSA) is 88.5 Å². The van der Waals surface area contributed by atoms with Gasteiger partial charge in [0.25, 0.3) is 5.91 Å². The Morgan fingerprint density at radius 3 is 2.50 bits per heavy atom. The largest absolute Gasteiger partial charge is 0.497 e. The van der Waals surface area contributed by atoms with Gasteiger partial charge in [-0.25, -0.2) is 9.78 Å². The molecule has 0 saturated carbocycles. The Hall–Kier alpha value is -3.55. The van der Waals surface area contributed by atoms with E-state index in [9.17, 15) is 9.59 Å². The summed E-state index contributed by atoms with van der Waals surface area (Å²) in [5.74, 6) is 1.32. The highest BCUT2D eigenvalue weighted by molar-refractivity contribution is 5.97. The Morgan fingerprint density at radius 2 is 1.87 bits per heavy atom. The highest BCUT2D eigenvalue weighted by Gasteiger charge is 2.16. The van der Waals surface area contributed by atoms with Crippen LogP contribution in [0.3, 0.4) is 0 Å². The molecule has 0 atom stereocenters. The summed E-state index contributed by atoms with van der Waals surface area (Å²) in [5, 5.41) is 5.73. The van der Waals surface area contributed by atoms with Crippen molar-refractivity contribution in [1.29, 1.82) is 0 Å². The number of imidazole rings is 1. The summed E-state index contributed by atoms with van der Waals surface area (Å²) < 4.78 is 7.05. The van der Waals surface area contributed by atoms with Gasteiger partial charge in [0, 0.05) is 31.4 Å². The van der Waals surface area contributed by atoms with E-state index in [0.717, 1.165) is 17.1 Å². The van der Waals surface area contributed by atoms with E-state index in [1.807, 2.05) is 31.5 Å². The Kier molecular flexibility index (Phi) is 6.25. The average molecular weight is 409 g/mol. The van der Waals surface area contributed by atoms with Gasteiger partial charge in [-0.3, -0.25) is 4.79 Å². The minimum atomic E-state index is -0.246. The number of rotatable bonds is 6. The molecule has 2 N–H and O–H groups in total. The van der Waals surface area contributed by atoms with Gasteiger partial charge in [-0.2, -0.15) is 0 Å². The lowest BCUT2D eigenvalue weighted by molar-refractivity contribution is 0.0943. The molecule has 158 valence electrons. The van der Waals surface area contributed by atoms with Gasteiger partial charge in [0.1, 0.15) is 11.6 Å². The molecule has 0 radical (unpaired) electrons. The van der Waals surface area contributed by atoms with E-state index in [0.29, 0.717) is 23.3 Å². The van der Waals surface area contributed by atoms with Gasteiger partial charge in [0.05, 0.1) is 24.7 Å². The number of ether oxygens (including phenoxy) is 1. The molecule has 0 aliphatic heterocycles. The number of nitrogens with zero attached hydrogens (tertiary/aromatic N) is 3. The Balaban J connectivity index is 1.73. The van der Waals surface area contributed by atoms with Crippen LogP contribution in [0.15, 0.2) is 42.5 Å². The molecule has 0 aliphatic rings. The first-order chi connectivity index (χ1) is 14.3. The number of urea groups is 1. The van der Waals surface area contributed by atoms with Crippen LogP contribution in [0.2, 0.25) is 0 Å². The van der Waals surface area contributed by atoms with Gasteiger partial charge in [0.15, 0.2) is 0 Å². The van der Waals surface area contributed by atoms with Crippen LogP contribution in [0.5, 0.6) is 5.75 Å². The molecule has 0 unspecified atom stereocenters. The first kappa shape index (κ1) is 21.2. The summed E-state index contributed by atoms with van der Waals surface area (Å²) >= 11 is 0. The summed E-state index contributed by atoms with van der Waals surface area (Å²) in [6.07, 6.45) is 0. The number of hydrogen-bond acceptors (Lipinski definition) is 4. The van der Waals surface area contributed by atoms with Crippen molar-refractivity contribution >= 4 is 28.7 Å². The molecule has 3 amide bonds. The molecular formula is C22H27N5O3. The lowest BCUT2D eigenvalue weighted by Crippen LogP contribution is -2.31. The number of amides is 3. The first-order valence-corrected chi connectivity index (χ1v) is 9.71. The molecule has 0 saturated heterocycles. The van der Waals surface area contributed by atoms with E-state index < -0.39 is 0 Å². The number of aromatic nitrogens is 2. The number of aryl methyl sites for hydroxylation is 1. The second-order valence-electron chi connectivity index (χ2n) is 7.43. The van der Waals surface area contributed by atoms with Crippen molar-refractivity contribution in [1.82, 2.24) is 19.8 Å². The molecule has 0 fully saturated rings. The molecule has 3 aromatic rings. The molecule has 8 nitrogen and oxygen atoms in total. The molecular weight excluding hydrogens is 382 g/mol. The Morgan fingerprint density at radius 1 is 1.17 bits per heavy atom. The van der Waals surface area contributed by atoms with E-state index in [1.165, 1.54) is 0 Å². The third-order valence-electron chi connectivity index (χ3n) is 4.72. The lowest BCUT2D eigenvalue weighted by Gasteiger charge is -2.18. The van der Waals surface area contributed by atoms with Crippen LogP contribution in [0, 0.1) is 0 Å². The van der Waals surface area contributed by atoms with Crippen LogP contribution in [-0.2, 0) is 13.6 Å². The average Bonchev–Trinajstić information content (AvgIpc) is 3.02. The molecule has 0 bridgehead atoms. The van der Waals surface area contributed by atoms with E-state index in [2.05, 4.69) is 15.6 Å². The monoisotopic (exact) mass is 409 g/mol. The van der Waals surface area contributed by atoms with Crippen molar-refractivity contribution in [3.63, 3.8) is 0 Å². The van der Waals surface area contributed by atoms with Crippen LogP contribution >= 0.6 is 0 Å². The van der Waals surface area contributed by atoms with Crippen LogP contribution in [-0.4, -0.2) is 46.6 Å². The maximum Gasteiger partial charge on any atom is 0.321 e. The molecule has 1 aromatic heterocycles. The third kappa shape index (κ3) is 4.71. The molecule has 2 aromatic carbocycles. The molecule has 0 spiro atoms. The minimum Gasteiger partial charge on any atom is -0.497 e. The van der Waals surface area contributed by atoms with Crippen LogP contribution in [0.1, 0.15) is 30.0 Å². The van der Waals surface area contributed by atoms with Crippen molar-refractivity contribution in [2.24, 2.45) is 7.05 Å². The Bertz CT molecular complexity index is 1060. The van der Waals surface area contributed by atoms with Gasteiger partial charge >= 0.3 is 6.03 Å². The van der Waals surface area contributed by atoms with Crippen molar-refractivity contribution in [2.75, 3.05) is 19.5 Å². The Labute approximate surface area is 175 Å². The maximum atomic E-state index is 12.5. The summed E-state index contributed by atoms with van der Waals surface area (Å²) in [6.45, 7) is 4.16. The zero-order valence-electron chi connectivity index (χ0n) is 17.9. The van der Waals surface area contributed by atoms with Crippen molar-refractivity contribution in [3.05, 3.63) is 53.9 Å².